The Morgan fingerprint density at radius 3 is 0.760 bits per heavy atom. The molecule has 0 fully saturated rings. The molecule has 0 spiro atoms. The summed E-state index contributed by atoms with van der Waals surface area (Å²) >= 11 is 0. The number of rotatable bonds is 8. The molecule has 18 N–H and O–H groups in total. The van der Waals surface area contributed by atoms with Crippen molar-refractivity contribution in [2.24, 2.45) is 0 Å². The Balaban J connectivity index is -0.0000000836. The largest absolute Gasteiger partial charge is 0.545 e. The van der Waals surface area contributed by atoms with Gasteiger partial charge in [0.05, 0.1) is 69.7 Å². The summed E-state index contributed by atoms with van der Waals surface area (Å²) in [6.07, 6.45) is 0. The Morgan fingerprint density at radius 1 is 0.420 bits per heavy atom. The normalized spacial score (nSPS) is 8.00. The minimum atomic E-state index is -1.93. The van der Waals surface area contributed by atoms with E-state index in [1.807, 2.05) is 0 Å². The van der Waals surface area contributed by atoms with Gasteiger partial charge in [-0.3, -0.25) is 0 Å². The molecule has 0 aliphatic heterocycles. The first-order valence-electron chi connectivity index (χ1n) is 10.3. The second-order valence-electron chi connectivity index (χ2n) is 7.09. The van der Waals surface area contributed by atoms with Gasteiger partial charge >= 0.3 is 11.9 Å². The van der Waals surface area contributed by atoms with Crippen molar-refractivity contribution in [1.82, 2.24) is 9.97 Å². The number of carbonyl (C=O) groups excluding carboxylic acids is 6. The molecule has 26 heteroatoms. The van der Waals surface area contributed by atoms with E-state index in [0.29, 0.717) is 12.1 Å². The minimum Gasteiger partial charge on any atom is -0.545 e. The number of carboxylic acids is 8. The Bertz CT molecular complexity index is 1410. The van der Waals surface area contributed by atoms with Crippen molar-refractivity contribution in [3.63, 3.8) is 0 Å². The van der Waals surface area contributed by atoms with Crippen LogP contribution in [0.2, 0.25) is 0 Å². The molecule has 1 aromatic carbocycles. The molecule has 0 unspecified atom stereocenters. The molecular weight excluding hydrogens is 770 g/mol. The molecule has 0 saturated carbocycles. The van der Waals surface area contributed by atoms with E-state index in [1.54, 1.807) is 0 Å². The fourth-order valence-corrected chi connectivity index (χ4v) is 2.62. The smallest absolute Gasteiger partial charge is 0.336 e. The molecule has 0 amide bonds. The number of nitrogens with zero attached hydrogens (tertiary/aromatic N) is 2. The molecule has 276 valence electrons. The number of carbonyl (C=O) groups is 8. The summed E-state index contributed by atoms with van der Waals surface area (Å²) < 4.78 is 0. The summed E-state index contributed by atoms with van der Waals surface area (Å²) in [5, 5.41) is 79.5. The van der Waals surface area contributed by atoms with E-state index in [1.165, 1.54) is 12.1 Å². The zero-order valence-corrected chi connectivity index (χ0v) is 27.1. The number of benzene rings is 1. The predicted molar refractivity (Wildman–Crippen MR) is 142 cm³/mol. The number of pyridine rings is 2. The van der Waals surface area contributed by atoms with Crippen molar-refractivity contribution in [2.75, 3.05) is 0 Å². The molecule has 2 radical (unpaired) electrons. The van der Waals surface area contributed by atoms with Gasteiger partial charge in [0.15, 0.2) is 0 Å². The average molecular weight is 796 g/mol. The molecule has 3 aromatic rings. The maximum Gasteiger partial charge on any atom is 0.336 e. The summed E-state index contributed by atoms with van der Waals surface area (Å²) in [6, 6.07) is 7.89. The van der Waals surface area contributed by atoms with E-state index in [0.717, 1.165) is 24.3 Å². The van der Waals surface area contributed by atoms with Crippen molar-refractivity contribution in [3.8, 4) is 0 Å². The van der Waals surface area contributed by atoms with Crippen molar-refractivity contribution < 1.29 is 149 Å². The first-order chi connectivity index (χ1) is 19.5. The second-order valence-corrected chi connectivity index (χ2v) is 7.09. The van der Waals surface area contributed by atoms with E-state index in [2.05, 4.69) is 9.97 Å². The van der Waals surface area contributed by atoms with Gasteiger partial charge < -0.3 is 102 Å². The molecule has 0 aliphatic rings. The van der Waals surface area contributed by atoms with E-state index < -0.39 is 92.8 Å². The Hall–Kier alpha value is -5.79. The van der Waals surface area contributed by atoms with Gasteiger partial charge in [-0.1, -0.05) is 12.1 Å². The van der Waals surface area contributed by atoms with Crippen LogP contribution in [-0.2, 0) is 59.0 Å². The minimum absolute atomic E-state index is 0. The van der Waals surface area contributed by atoms with Crippen molar-refractivity contribution in [3.05, 3.63) is 93.6 Å². The van der Waals surface area contributed by atoms with Gasteiger partial charge in [0.1, 0.15) is 0 Å². The van der Waals surface area contributed by atoms with Gasteiger partial charge in [-0.15, -0.1) is 0 Å². The summed E-state index contributed by atoms with van der Waals surface area (Å²) in [5.41, 5.74) is -5.31. The zero-order chi connectivity index (χ0) is 32.3. The van der Waals surface area contributed by atoms with Crippen LogP contribution in [0.15, 0.2) is 48.5 Å². The van der Waals surface area contributed by atoms with E-state index in [4.69, 9.17) is 10.2 Å². The third-order valence-corrected chi connectivity index (χ3v) is 4.39. The van der Waals surface area contributed by atoms with Crippen LogP contribution in [0.25, 0.3) is 0 Å². The summed E-state index contributed by atoms with van der Waals surface area (Å²) in [5.74, 6) is -13.4. The quantitative estimate of drug-likeness (QED) is 0.200. The van der Waals surface area contributed by atoms with Crippen LogP contribution in [0.1, 0.15) is 83.4 Å². The van der Waals surface area contributed by atoms with Crippen molar-refractivity contribution >= 4 is 47.8 Å². The number of carboxylic acid groups (broad SMARTS) is 8. The van der Waals surface area contributed by atoms with Crippen LogP contribution in [0.4, 0.5) is 0 Å². The number of aromatic carboxylic acids is 8. The molecule has 0 saturated heterocycles. The number of hydrogen-bond donors (Lipinski definition) is 2. The molecule has 0 bridgehead atoms. The fourth-order valence-electron chi connectivity index (χ4n) is 2.62. The molecule has 24 nitrogen and oxygen atoms in total. The molecule has 0 aliphatic carbocycles. The summed E-state index contributed by atoms with van der Waals surface area (Å²) in [4.78, 5) is 90.0. The molecular formula is C24H26N2O22V2-2. The average Bonchev–Trinajstić information content (AvgIpc) is 2.92. The first kappa shape index (κ1) is 63.0. The monoisotopic (exact) mass is 796 g/mol. The third kappa shape index (κ3) is 18.5. The fraction of sp³-hybridized carbons (Fsp3) is 0. The topological polar surface area (TPSA) is 536 Å². The van der Waals surface area contributed by atoms with Crippen LogP contribution < -0.4 is 30.6 Å². The third-order valence-electron chi connectivity index (χ3n) is 4.39. The summed E-state index contributed by atoms with van der Waals surface area (Å²) in [6.45, 7) is 0. The van der Waals surface area contributed by atoms with Crippen molar-refractivity contribution in [1.29, 1.82) is 0 Å². The van der Waals surface area contributed by atoms with Gasteiger partial charge in [0, 0.05) is 48.2 Å². The molecule has 3 rings (SSSR count). The second kappa shape index (κ2) is 28.2. The molecule has 2 aromatic heterocycles. The first-order valence-corrected chi connectivity index (χ1v) is 10.3. The van der Waals surface area contributed by atoms with Gasteiger partial charge in [-0.25, -0.2) is 19.6 Å². The van der Waals surface area contributed by atoms with Crippen LogP contribution in [0, 0.1) is 0 Å². The van der Waals surface area contributed by atoms with Gasteiger partial charge in [0.25, 0.3) is 0 Å². The predicted octanol–water partition coefficient (Wildman–Crippen LogP) is -11.9. The van der Waals surface area contributed by atoms with Crippen molar-refractivity contribution in [2.45, 2.75) is 0 Å². The van der Waals surface area contributed by atoms with E-state index >= 15 is 0 Å². The van der Waals surface area contributed by atoms with Crippen LogP contribution in [-0.4, -0.2) is 78.9 Å². The molecule has 2 heterocycles. The van der Waals surface area contributed by atoms with E-state index in [9.17, 15) is 69.0 Å². The SMILES string of the molecule is O.O.O=C([O-])c1cc(C(=O)O)c(C(=O)[O-])cc1C(=O)O.O=C([O-])c1cccc(C(=O)[O-])n1.O=C([O-])c1cccc(C(=O)[O-])n1.[OH3+].[OH3+].[OH3+].[OH3+].[V].[V]. The Labute approximate surface area is 299 Å². The van der Waals surface area contributed by atoms with Crippen LogP contribution in [0.5, 0.6) is 0 Å². The van der Waals surface area contributed by atoms with Crippen LogP contribution >= 0.6 is 0 Å². The van der Waals surface area contributed by atoms with Crippen LogP contribution in [0.3, 0.4) is 0 Å². The maximum atomic E-state index is 10.7. The number of aromatic nitrogens is 2. The molecule has 0 atom stereocenters. The van der Waals surface area contributed by atoms with E-state index in [-0.39, 0.29) is 70.0 Å². The van der Waals surface area contributed by atoms with Gasteiger partial charge in [-0.05, 0) is 36.4 Å². The van der Waals surface area contributed by atoms with Gasteiger partial charge in [0.2, 0.25) is 0 Å². The summed E-state index contributed by atoms with van der Waals surface area (Å²) in [7, 11) is 0. The Kier molecular flexibility index (Phi) is 35.6. The number of hydrogen-bond acceptors (Lipinski definition) is 16. The van der Waals surface area contributed by atoms with Gasteiger partial charge in [-0.2, -0.15) is 0 Å². The maximum absolute atomic E-state index is 10.7. The Morgan fingerprint density at radius 2 is 0.620 bits per heavy atom. The standard InChI is InChI=1S/C10H6O8.2C7H5NO4.6H2O.2V/c11-7(12)3-1-4(8(13)14)6(10(17)18)2-5(3)9(15)16;2*9-6(10)4-2-1-3-5(8-4)7(11)12;;;;;;;;/h1-2H,(H,11,12)(H,13,14)(H,15,16)(H,17,18);2*1-3H,(H,9,10)(H,11,12);6*1H2;;/p-2. The zero-order valence-electron chi connectivity index (χ0n) is 24.3. The molecule has 50 heavy (non-hydrogen) atoms.